The normalized spacial score (nSPS) is 10.3. The number of thiophene rings is 1. The summed E-state index contributed by atoms with van der Waals surface area (Å²) < 4.78 is 4.67. The largest absolute Gasteiger partial charge is 0.469 e. The highest BCUT2D eigenvalue weighted by molar-refractivity contribution is 7.98. The molecule has 1 aromatic heterocycles. The SMILES string of the molecule is COC(=O)Cc1ccc(CNc2ccccc2SC)s1. The third-order valence-corrected chi connectivity index (χ3v) is 4.70. The number of ether oxygens (including phenoxy) is 1. The molecule has 0 aliphatic heterocycles. The van der Waals surface area contributed by atoms with Gasteiger partial charge in [-0.15, -0.1) is 23.1 Å². The van der Waals surface area contributed by atoms with Gasteiger partial charge in [-0.25, -0.2) is 0 Å². The van der Waals surface area contributed by atoms with Gasteiger partial charge in [0.1, 0.15) is 0 Å². The van der Waals surface area contributed by atoms with Crippen molar-refractivity contribution in [2.24, 2.45) is 0 Å². The van der Waals surface area contributed by atoms with Crippen LogP contribution in [0.15, 0.2) is 41.3 Å². The van der Waals surface area contributed by atoms with Gasteiger partial charge in [-0.3, -0.25) is 4.79 Å². The molecule has 0 amide bonds. The minimum atomic E-state index is -0.195. The van der Waals surface area contributed by atoms with Gasteiger partial charge in [-0.05, 0) is 30.5 Å². The van der Waals surface area contributed by atoms with E-state index in [1.807, 2.05) is 18.2 Å². The maximum atomic E-state index is 11.2. The van der Waals surface area contributed by atoms with Gasteiger partial charge in [0.25, 0.3) is 0 Å². The quantitative estimate of drug-likeness (QED) is 0.651. The first-order valence-electron chi connectivity index (χ1n) is 6.24. The van der Waals surface area contributed by atoms with Crippen LogP contribution in [0.4, 0.5) is 5.69 Å². The van der Waals surface area contributed by atoms with E-state index in [0.29, 0.717) is 6.42 Å². The molecule has 0 unspecified atom stereocenters. The number of para-hydroxylation sites is 1. The van der Waals surface area contributed by atoms with E-state index in [0.717, 1.165) is 17.1 Å². The number of nitrogens with one attached hydrogen (secondary N) is 1. The molecule has 0 aliphatic rings. The van der Waals surface area contributed by atoms with Crippen LogP contribution in [-0.2, 0) is 22.5 Å². The molecule has 5 heteroatoms. The van der Waals surface area contributed by atoms with Crippen LogP contribution in [0.5, 0.6) is 0 Å². The molecule has 0 fully saturated rings. The van der Waals surface area contributed by atoms with Gasteiger partial charge in [0.2, 0.25) is 0 Å². The molecule has 1 aromatic carbocycles. The molecule has 1 heterocycles. The van der Waals surface area contributed by atoms with Crippen LogP contribution in [-0.4, -0.2) is 19.3 Å². The molecule has 20 heavy (non-hydrogen) atoms. The molecule has 0 atom stereocenters. The van der Waals surface area contributed by atoms with Gasteiger partial charge in [0, 0.05) is 26.9 Å². The van der Waals surface area contributed by atoms with E-state index in [1.165, 1.54) is 16.9 Å². The van der Waals surface area contributed by atoms with Crippen molar-refractivity contribution < 1.29 is 9.53 Å². The first-order valence-corrected chi connectivity index (χ1v) is 8.28. The first kappa shape index (κ1) is 14.9. The summed E-state index contributed by atoms with van der Waals surface area (Å²) in [6, 6.07) is 12.3. The number of carbonyl (C=O) groups excluding carboxylic acids is 1. The number of methoxy groups -OCH3 is 1. The number of esters is 1. The average Bonchev–Trinajstić information content (AvgIpc) is 2.92. The summed E-state index contributed by atoms with van der Waals surface area (Å²) >= 11 is 3.37. The third kappa shape index (κ3) is 4.02. The second-order valence-corrected chi connectivity index (χ2v) is 6.28. The molecule has 0 saturated carbocycles. The van der Waals surface area contributed by atoms with Crippen molar-refractivity contribution in [3.05, 3.63) is 46.2 Å². The Morgan fingerprint density at radius 3 is 2.75 bits per heavy atom. The number of benzene rings is 1. The minimum Gasteiger partial charge on any atom is -0.469 e. The van der Waals surface area contributed by atoms with Gasteiger partial charge in [-0.2, -0.15) is 0 Å². The van der Waals surface area contributed by atoms with Crippen LogP contribution in [0.2, 0.25) is 0 Å². The summed E-state index contributed by atoms with van der Waals surface area (Å²) in [5.41, 5.74) is 1.14. The van der Waals surface area contributed by atoms with Crippen LogP contribution >= 0.6 is 23.1 Å². The van der Waals surface area contributed by atoms with Crippen molar-refractivity contribution in [3.63, 3.8) is 0 Å². The molecule has 0 saturated heterocycles. The highest BCUT2D eigenvalue weighted by Gasteiger charge is 2.06. The van der Waals surface area contributed by atoms with Gasteiger partial charge in [0.05, 0.1) is 13.5 Å². The second kappa shape index (κ2) is 7.36. The van der Waals surface area contributed by atoms with E-state index in [9.17, 15) is 4.79 Å². The summed E-state index contributed by atoms with van der Waals surface area (Å²) in [6.07, 6.45) is 2.42. The van der Waals surface area contributed by atoms with Gasteiger partial charge in [0.15, 0.2) is 0 Å². The molecule has 2 aromatic rings. The number of hydrogen-bond acceptors (Lipinski definition) is 5. The van der Waals surface area contributed by atoms with Crippen molar-refractivity contribution in [3.8, 4) is 0 Å². The smallest absolute Gasteiger partial charge is 0.310 e. The monoisotopic (exact) mass is 307 g/mol. The topological polar surface area (TPSA) is 38.3 Å². The van der Waals surface area contributed by atoms with Crippen LogP contribution in [0.3, 0.4) is 0 Å². The molecule has 106 valence electrons. The maximum Gasteiger partial charge on any atom is 0.310 e. The molecular weight excluding hydrogens is 290 g/mol. The van der Waals surface area contributed by atoms with E-state index in [2.05, 4.69) is 34.5 Å². The Labute approximate surface area is 127 Å². The molecule has 2 rings (SSSR count). The fourth-order valence-electron chi connectivity index (χ4n) is 1.80. The van der Waals surface area contributed by atoms with Crippen LogP contribution in [0, 0.1) is 0 Å². The summed E-state index contributed by atoms with van der Waals surface area (Å²) in [6.45, 7) is 0.767. The van der Waals surface area contributed by atoms with Gasteiger partial charge < -0.3 is 10.1 Å². The fourth-order valence-corrected chi connectivity index (χ4v) is 3.32. The van der Waals surface area contributed by atoms with Gasteiger partial charge >= 0.3 is 5.97 Å². The van der Waals surface area contributed by atoms with Crippen molar-refractivity contribution >= 4 is 34.8 Å². The Morgan fingerprint density at radius 1 is 1.25 bits per heavy atom. The first-order chi connectivity index (χ1) is 9.72. The zero-order valence-electron chi connectivity index (χ0n) is 11.5. The van der Waals surface area contributed by atoms with Crippen LogP contribution in [0.25, 0.3) is 0 Å². The number of rotatable bonds is 6. The Morgan fingerprint density at radius 2 is 2.00 bits per heavy atom. The molecule has 0 aliphatic carbocycles. The lowest BCUT2D eigenvalue weighted by Gasteiger charge is -2.09. The van der Waals surface area contributed by atoms with Crippen molar-refractivity contribution in [2.75, 3.05) is 18.7 Å². The number of carbonyl (C=O) groups is 1. The fraction of sp³-hybridized carbons (Fsp3) is 0.267. The predicted molar refractivity (Wildman–Crippen MR) is 85.6 cm³/mol. The molecule has 3 nitrogen and oxygen atoms in total. The van der Waals surface area contributed by atoms with Crippen molar-refractivity contribution in [1.29, 1.82) is 0 Å². The number of hydrogen-bond donors (Lipinski definition) is 1. The van der Waals surface area contributed by atoms with E-state index in [-0.39, 0.29) is 5.97 Å². The third-order valence-electron chi connectivity index (χ3n) is 2.82. The van der Waals surface area contributed by atoms with E-state index in [4.69, 9.17) is 0 Å². The zero-order chi connectivity index (χ0) is 14.4. The standard InChI is InChI=1S/C15H17NO2S2/c1-18-15(17)9-11-7-8-12(20-11)10-16-13-5-3-4-6-14(13)19-2/h3-8,16H,9-10H2,1-2H3. The van der Waals surface area contributed by atoms with Crippen LogP contribution in [0.1, 0.15) is 9.75 Å². The summed E-state index contributed by atoms with van der Waals surface area (Å²) in [7, 11) is 1.41. The average molecular weight is 307 g/mol. The van der Waals surface area contributed by atoms with Crippen molar-refractivity contribution in [1.82, 2.24) is 0 Å². The van der Waals surface area contributed by atoms with E-state index in [1.54, 1.807) is 23.1 Å². The maximum absolute atomic E-state index is 11.2. The lowest BCUT2D eigenvalue weighted by atomic mass is 10.3. The summed E-state index contributed by atoms with van der Waals surface area (Å²) in [5.74, 6) is -0.195. The van der Waals surface area contributed by atoms with Gasteiger partial charge in [-0.1, -0.05) is 12.1 Å². The van der Waals surface area contributed by atoms with E-state index < -0.39 is 0 Å². The zero-order valence-corrected chi connectivity index (χ0v) is 13.1. The Bertz CT molecular complexity index is 581. The summed E-state index contributed by atoms with van der Waals surface area (Å²) in [4.78, 5) is 14.7. The number of thioether (sulfide) groups is 1. The highest BCUT2D eigenvalue weighted by Crippen LogP contribution is 2.26. The predicted octanol–water partition coefficient (Wildman–Crippen LogP) is 3.80. The lowest BCUT2D eigenvalue weighted by molar-refractivity contribution is -0.139. The highest BCUT2D eigenvalue weighted by atomic mass is 32.2. The molecule has 0 radical (unpaired) electrons. The molecule has 0 bridgehead atoms. The molecule has 1 N–H and O–H groups in total. The molecule has 0 spiro atoms. The summed E-state index contributed by atoms with van der Waals surface area (Å²) in [5, 5.41) is 3.43. The molecular formula is C15H17NO2S2. The lowest BCUT2D eigenvalue weighted by Crippen LogP contribution is -2.02. The van der Waals surface area contributed by atoms with Crippen molar-refractivity contribution in [2.45, 2.75) is 17.9 Å². The number of anilines is 1. The Balaban J connectivity index is 1.96. The Kier molecular flexibility index (Phi) is 5.49. The van der Waals surface area contributed by atoms with Crippen LogP contribution < -0.4 is 5.32 Å². The minimum absolute atomic E-state index is 0.195. The van der Waals surface area contributed by atoms with E-state index >= 15 is 0 Å². The Hall–Kier alpha value is -1.46. The second-order valence-electron chi connectivity index (χ2n) is 4.17.